The van der Waals surface area contributed by atoms with E-state index in [4.69, 9.17) is 0 Å². The van der Waals surface area contributed by atoms with Crippen LogP contribution in [0.5, 0.6) is 0 Å². The highest BCUT2D eigenvalue weighted by atomic mass is 32.2. The van der Waals surface area contributed by atoms with E-state index in [1.54, 1.807) is 18.7 Å². The quantitative estimate of drug-likeness (QED) is 0.933. The van der Waals surface area contributed by atoms with E-state index in [2.05, 4.69) is 30.6 Å². The molecule has 0 atom stereocenters. The molecule has 1 aliphatic carbocycles. The van der Waals surface area contributed by atoms with Crippen LogP contribution in [-0.2, 0) is 17.1 Å². The Hall–Kier alpha value is -0.880. The average molecular weight is 313 g/mol. The first kappa shape index (κ1) is 16.5. The molecule has 21 heavy (non-hydrogen) atoms. The lowest BCUT2D eigenvalue weighted by Gasteiger charge is -2.37. The second kappa shape index (κ2) is 5.72. The predicted octanol–water partition coefficient (Wildman–Crippen LogP) is 2.61. The fourth-order valence-electron chi connectivity index (χ4n) is 3.10. The lowest BCUT2D eigenvalue weighted by molar-refractivity contribution is 0.166. The van der Waals surface area contributed by atoms with E-state index in [9.17, 15) is 8.42 Å². The van der Waals surface area contributed by atoms with Gasteiger partial charge in [-0.3, -0.25) is 4.68 Å². The molecule has 0 aliphatic heterocycles. The van der Waals surface area contributed by atoms with Gasteiger partial charge < -0.3 is 0 Å². The average Bonchev–Trinajstić information content (AvgIpc) is 2.69. The van der Waals surface area contributed by atoms with Gasteiger partial charge in [-0.15, -0.1) is 0 Å². The van der Waals surface area contributed by atoms with Gasteiger partial charge in [0.1, 0.15) is 4.90 Å². The van der Waals surface area contributed by atoms with Crippen LogP contribution in [0, 0.1) is 18.3 Å². The lowest BCUT2D eigenvalue weighted by Crippen LogP contribution is -2.39. The van der Waals surface area contributed by atoms with Gasteiger partial charge >= 0.3 is 0 Å². The first-order valence-corrected chi connectivity index (χ1v) is 9.10. The Morgan fingerprint density at radius 1 is 1.24 bits per heavy atom. The number of hydrogen-bond acceptors (Lipinski definition) is 3. The van der Waals surface area contributed by atoms with Crippen molar-refractivity contribution in [3.63, 3.8) is 0 Å². The van der Waals surface area contributed by atoms with E-state index in [1.165, 1.54) is 6.20 Å². The Bertz CT molecular complexity index is 591. The van der Waals surface area contributed by atoms with E-state index in [-0.39, 0.29) is 6.04 Å². The third-order valence-electron chi connectivity index (χ3n) is 4.75. The molecular weight excluding hydrogens is 286 g/mol. The van der Waals surface area contributed by atoms with Crippen LogP contribution in [0.2, 0.25) is 0 Å². The van der Waals surface area contributed by atoms with Gasteiger partial charge in [-0.1, -0.05) is 20.8 Å². The molecule has 1 saturated carbocycles. The summed E-state index contributed by atoms with van der Waals surface area (Å²) in [5, 5.41) is 4.02. The van der Waals surface area contributed by atoms with Crippen molar-refractivity contribution in [2.45, 2.75) is 64.3 Å². The molecule has 1 aromatic rings. The number of nitrogens with zero attached hydrogens (tertiary/aromatic N) is 2. The molecule has 1 fully saturated rings. The molecule has 1 aromatic heterocycles. The molecule has 2 rings (SSSR count). The van der Waals surface area contributed by atoms with Crippen molar-refractivity contribution >= 4 is 10.0 Å². The van der Waals surface area contributed by atoms with Gasteiger partial charge in [0.05, 0.1) is 11.9 Å². The SMILES string of the molecule is Cc1c(S(=O)(=O)NC2CCC(C(C)(C)C)CC2)cnn1C. The first-order valence-electron chi connectivity index (χ1n) is 7.62. The van der Waals surface area contributed by atoms with Crippen molar-refractivity contribution in [1.82, 2.24) is 14.5 Å². The van der Waals surface area contributed by atoms with Crippen molar-refractivity contribution in [3.8, 4) is 0 Å². The number of aromatic nitrogens is 2. The number of hydrogen-bond donors (Lipinski definition) is 1. The largest absolute Gasteiger partial charge is 0.272 e. The van der Waals surface area contributed by atoms with E-state index < -0.39 is 10.0 Å². The molecule has 0 aromatic carbocycles. The molecule has 1 N–H and O–H groups in total. The standard InChI is InChI=1S/C15H27N3O2S/c1-11-14(10-16-18(11)5)21(19,20)17-13-8-6-12(7-9-13)15(2,3)4/h10,12-13,17H,6-9H2,1-5H3. The van der Waals surface area contributed by atoms with Crippen LogP contribution in [0.4, 0.5) is 0 Å². The first-order chi connectivity index (χ1) is 9.61. The van der Waals surface area contributed by atoms with Crippen molar-refractivity contribution in [2.75, 3.05) is 0 Å². The summed E-state index contributed by atoms with van der Waals surface area (Å²) in [7, 11) is -1.70. The highest BCUT2D eigenvalue weighted by Crippen LogP contribution is 2.38. The number of rotatable bonds is 3. The summed E-state index contributed by atoms with van der Waals surface area (Å²) in [6, 6.07) is 0.0493. The Balaban J connectivity index is 2.02. The van der Waals surface area contributed by atoms with Gasteiger partial charge in [-0.05, 0) is 43.9 Å². The van der Waals surface area contributed by atoms with Gasteiger partial charge in [0.15, 0.2) is 0 Å². The molecular formula is C15H27N3O2S. The molecule has 0 bridgehead atoms. The van der Waals surface area contributed by atoms with Crippen LogP contribution in [0.15, 0.2) is 11.1 Å². The Morgan fingerprint density at radius 2 is 1.81 bits per heavy atom. The minimum atomic E-state index is -3.46. The second-order valence-corrected chi connectivity index (χ2v) is 8.94. The van der Waals surface area contributed by atoms with Crippen LogP contribution >= 0.6 is 0 Å². The fourth-order valence-corrected chi connectivity index (χ4v) is 4.61. The van der Waals surface area contributed by atoms with E-state index in [0.29, 0.717) is 21.9 Å². The molecule has 0 amide bonds. The molecule has 5 nitrogen and oxygen atoms in total. The van der Waals surface area contributed by atoms with E-state index in [0.717, 1.165) is 25.7 Å². The van der Waals surface area contributed by atoms with Gasteiger partial charge in [0.2, 0.25) is 10.0 Å². The van der Waals surface area contributed by atoms with Gasteiger partial charge in [-0.2, -0.15) is 5.10 Å². The van der Waals surface area contributed by atoms with Crippen LogP contribution < -0.4 is 4.72 Å². The van der Waals surface area contributed by atoms with Crippen LogP contribution in [0.25, 0.3) is 0 Å². The maximum absolute atomic E-state index is 12.4. The minimum absolute atomic E-state index is 0.0493. The van der Waals surface area contributed by atoms with Crippen molar-refractivity contribution in [1.29, 1.82) is 0 Å². The molecule has 0 radical (unpaired) electrons. The summed E-state index contributed by atoms with van der Waals surface area (Å²) >= 11 is 0. The van der Waals surface area contributed by atoms with Crippen LogP contribution in [-0.4, -0.2) is 24.2 Å². The van der Waals surface area contributed by atoms with Crippen LogP contribution in [0.3, 0.4) is 0 Å². The molecule has 0 unspecified atom stereocenters. The van der Waals surface area contributed by atoms with Gasteiger partial charge in [-0.25, -0.2) is 13.1 Å². The van der Waals surface area contributed by atoms with Crippen molar-refractivity contribution < 1.29 is 8.42 Å². The summed E-state index contributed by atoms with van der Waals surface area (Å²) in [4.78, 5) is 0.294. The predicted molar refractivity (Wildman–Crippen MR) is 83.5 cm³/mol. The number of nitrogens with one attached hydrogen (secondary N) is 1. The fraction of sp³-hybridized carbons (Fsp3) is 0.800. The highest BCUT2D eigenvalue weighted by molar-refractivity contribution is 7.89. The normalized spacial score (nSPS) is 24.2. The highest BCUT2D eigenvalue weighted by Gasteiger charge is 2.32. The Morgan fingerprint density at radius 3 is 2.24 bits per heavy atom. The third kappa shape index (κ3) is 3.66. The zero-order valence-electron chi connectivity index (χ0n) is 13.7. The summed E-state index contributed by atoms with van der Waals surface area (Å²) in [6.45, 7) is 8.57. The minimum Gasteiger partial charge on any atom is -0.272 e. The summed E-state index contributed by atoms with van der Waals surface area (Å²) < 4.78 is 29.3. The van der Waals surface area contributed by atoms with Gasteiger partial charge in [0.25, 0.3) is 0 Å². The lowest BCUT2D eigenvalue weighted by atomic mass is 9.71. The van der Waals surface area contributed by atoms with Gasteiger partial charge in [0, 0.05) is 13.1 Å². The van der Waals surface area contributed by atoms with E-state index >= 15 is 0 Å². The smallest absolute Gasteiger partial charge is 0.244 e. The zero-order chi connectivity index (χ0) is 15.8. The number of sulfonamides is 1. The van der Waals surface area contributed by atoms with Crippen LogP contribution in [0.1, 0.15) is 52.1 Å². The monoisotopic (exact) mass is 313 g/mol. The third-order valence-corrected chi connectivity index (χ3v) is 6.38. The topological polar surface area (TPSA) is 64.0 Å². The molecule has 1 heterocycles. The zero-order valence-corrected chi connectivity index (χ0v) is 14.5. The molecule has 1 aliphatic rings. The van der Waals surface area contributed by atoms with Crippen molar-refractivity contribution in [2.24, 2.45) is 18.4 Å². The van der Waals surface area contributed by atoms with Crippen molar-refractivity contribution in [3.05, 3.63) is 11.9 Å². The summed E-state index contributed by atoms with van der Waals surface area (Å²) in [6.07, 6.45) is 5.44. The molecule has 0 saturated heterocycles. The summed E-state index contributed by atoms with van der Waals surface area (Å²) in [5.41, 5.74) is 0.981. The molecule has 120 valence electrons. The maximum atomic E-state index is 12.4. The van der Waals surface area contributed by atoms with E-state index in [1.807, 2.05) is 0 Å². The number of aryl methyl sites for hydroxylation is 1. The maximum Gasteiger partial charge on any atom is 0.244 e. The Labute approximate surface area is 128 Å². The molecule has 0 spiro atoms. The second-order valence-electron chi connectivity index (χ2n) is 7.25. The summed E-state index contributed by atoms with van der Waals surface area (Å²) in [5.74, 6) is 0.679. The molecule has 6 heteroatoms. The Kier molecular flexibility index (Phi) is 4.49.